The summed E-state index contributed by atoms with van der Waals surface area (Å²) in [4.78, 5) is 15.6. The van der Waals surface area contributed by atoms with Gasteiger partial charge in [0.1, 0.15) is 11.4 Å². The molecule has 0 unspecified atom stereocenters. The van der Waals surface area contributed by atoms with Crippen LogP contribution in [0.4, 0.5) is 0 Å². The van der Waals surface area contributed by atoms with E-state index in [2.05, 4.69) is 4.98 Å². The highest BCUT2D eigenvalue weighted by molar-refractivity contribution is 5.70. The molecular formula is C18H18N2O3. The number of imidazole rings is 1. The highest BCUT2D eigenvalue weighted by atomic mass is 16.5. The van der Waals surface area contributed by atoms with E-state index < -0.39 is 5.97 Å². The quantitative estimate of drug-likeness (QED) is 0.757. The Morgan fingerprint density at radius 3 is 2.70 bits per heavy atom. The number of aryl methyl sites for hydroxylation is 1. The maximum atomic E-state index is 10.9. The standard InChI is InChI=1S/C18H18N2O3/c1-2-23-14-8-6-13(7-9-14)18-15(10-11-17(21)22)20-12-4-3-5-16(20)19-18/h3-9,12H,2,10-11H2,1H3,(H,21,22). The van der Waals surface area contributed by atoms with E-state index in [1.807, 2.05) is 60.0 Å². The summed E-state index contributed by atoms with van der Waals surface area (Å²) in [6.45, 7) is 2.57. The third-order valence-electron chi connectivity index (χ3n) is 3.64. The SMILES string of the molecule is CCOc1ccc(-c2nc3ccccn3c2CCC(=O)O)cc1. The molecule has 3 rings (SSSR count). The number of rotatable bonds is 6. The molecule has 0 saturated carbocycles. The van der Waals surface area contributed by atoms with E-state index >= 15 is 0 Å². The lowest BCUT2D eigenvalue weighted by Gasteiger charge is -2.06. The minimum Gasteiger partial charge on any atom is -0.494 e. The number of carboxylic acids is 1. The zero-order valence-electron chi connectivity index (χ0n) is 12.9. The number of hydrogen-bond acceptors (Lipinski definition) is 3. The fourth-order valence-corrected chi connectivity index (χ4v) is 2.62. The molecule has 0 aliphatic rings. The molecule has 118 valence electrons. The van der Waals surface area contributed by atoms with Crippen LogP contribution in [0.15, 0.2) is 48.7 Å². The highest BCUT2D eigenvalue weighted by Crippen LogP contribution is 2.27. The largest absolute Gasteiger partial charge is 0.494 e. The molecule has 0 atom stereocenters. The van der Waals surface area contributed by atoms with E-state index in [1.165, 1.54) is 0 Å². The Bertz CT molecular complexity index is 822. The molecule has 2 aromatic heterocycles. The van der Waals surface area contributed by atoms with Crippen LogP contribution in [0.5, 0.6) is 5.75 Å². The van der Waals surface area contributed by atoms with Crippen molar-refractivity contribution in [3.05, 3.63) is 54.4 Å². The van der Waals surface area contributed by atoms with Crippen molar-refractivity contribution in [2.24, 2.45) is 0 Å². The Morgan fingerprint density at radius 1 is 1.22 bits per heavy atom. The van der Waals surface area contributed by atoms with Gasteiger partial charge < -0.3 is 14.2 Å². The first kappa shape index (κ1) is 15.1. The molecule has 0 aliphatic carbocycles. The lowest BCUT2D eigenvalue weighted by molar-refractivity contribution is -0.136. The third kappa shape index (κ3) is 3.18. The smallest absolute Gasteiger partial charge is 0.303 e. The molecule has 3 aromatic rings. The van der Waals surface area contributed by atoms with Crippen molar-refractivity contribution in [2.45, 2.75) is 19.8 Å². The number of carboxylic acid groups (broad SMARTS) is 1. The molecule has 0 aliphatic heterocycles. The van der Waals surface area contributed by atoms with Crippen molar-refractivity contribution in [1.82, 2.24) is 9.38 Å². The Labute approximate surface area is 134 Å². The minimum atomic E-state index is -0.812. The second kappa shape index (κ2) is 6.52. The van der Waals surface area contributed by atoms with E-state index in [-0.39, 0.29) is 6.42 Å². The number of ether oxygens (including phenoxy) is 1. The average Bonchev–Trinajstić information content (AvgIpc) is 2.92. The highest BCUT2D eigenvalue weighted by Gasteiger charge is 2.15. The summed E-state index contributed by atoms with van der Waals surface area (Å²) >= 11 is 0. The van der Waals surface area contributed by atoms with Crippen molar-refractivity contribution in [1.29, 1.82) is 0 Å². The van der Waals surface area contributed by atoms with Gasteiger partial charge in [-0.25, -0.2) is 4.98 Å². The van der Waals surface area contributed by atoms with Gasteiger partial charge in [0, 0.05) is 18.2 Å². The first-order valence-electron chi connectivity index (χ1n) is 7.60. The molecule has 0 bridgehead atoms. The molecule has 5 heteroatoms. The summed E-state index contributed by atoms with van der Waals surface area (Å²) in [7, 11) is 0. The molecular weight excluding hydrogens is 292 g/mol. The zero-order valence-corrected chi connectivity index (χ0v) is 12.9. The van der Waals surface area contributed by atoms with Crippen LogP contribution in [-0.4, -0.2) is 27.1 Å². The number of pyridine rings is 1. The summed E-state index contributed by atoms with van der Waals surface area (Å²) in [5, 5.41) is 9.00. The van der Waals surface area contributed by atoms with E-state index in [9.17, 15) is 4.79 Å². The second-order valence-corrected chi connectivity index (χ2v) is 5.19. The summed E-state index contributed by atoms with van der Waals surface area (Å²) in [6, 6.07) is 13.5. The van der Waals surface area contributed by atoms with Gasteiger partial charge >= 0.3 is 5.97 Å². The van der Waals surface area contributed by atoms with Crippen LogP contribution in [0.3, 0.4) is 0 Å². The monoisotopic (exact) mass is 310 g/mol. The summed E-state index contributed by atoms with van der Waals surface area (Å²) < 4.78 is 7.41. The second-order valence-electron chi connectivity index (χ2n) is 5.19. The maximum Gasteiger partial charge on any atom is 0.303 e. The lowest BCUT2D eigenvalue weighted by Crippen LogP contribution is -2.01. The molecule has 5 nitrogen and oxygen atoms in total. The van der Waals surface area contributed by atoms with Crippen molar-refractivity contribution < 1.29 is 14.6 Å². The molecule has 0 radical (unpaired) electrons. The lowest BCUT2D eigenvalue weighted by atomic mass is 10.1. The molecule has 1 aromatic carbocycles. The Hall–Kier alpha value is -2.82. The Balaban J connectivity index is 2.04. The number of aromatic nitrogens is 2. The zero-order chi connectivity index (χ0) is 16.2. The molecule has 23 heavy (non-hydrogen) atoms. The van der Waals surface area contributed by atoms with Gasteiger partial charge in [-0.1, -0.05) is 6.07 Å². The van der Waals surface area contributed by atoms with Gasteiger partial charge in [-0.15, -0.1) is 0 Å². The maximum absolute atomic E-state index is 10.9. The summed E-state index contributed by atoms with van der Waals surface area (Å²) in [5.74, 6) is 0.000579. The van der Waals surface area contributed by atoms with Gasteiger partial charge in [0.15, 0.2) is 0 Å². The van der Waals surface area contributed by atoms with Crippen molar-refractivity contribution in [3.8, 4) is 17.0 Å². The van der Waals surface area contributed by atoms with Gasteiger partial charge in [-0.2, -0.15) is 0 Å². The predicted molar refractivity (Wildman–Crippen MR) is 87.8 cm³/mol. The Morgan fingerprint density at radius 2 is 2.00 bits per heavy atom. The van der Waals surface area contributed by atoms with Crippen LogP contribution in [0.2, 0.25) is 0 Å². The van der Waals surface area contributed by atoms with Gasteiger partial charge in [0.05, 0.1) is 24.4 Å². The minimum absolute atomic E-state index is 0.0761. The van der Waals surface area contributed by atoms with Crippen LogP contribution in [-0.2, 0) is 11.2 Å². The normalized spacial score (nSPS) is 10.8. The number of aliphatic carboxylic acids is 1. The Kier molecular flexibility index (Phi) is 4.28. The van der Waals surface area contributed by atoms with E-state index in [0.29, 0.717) is 13.0 Å². The van der Waals surface area contributed by atoms with E-state index in [0.717, 1.165) is 28.3 Å². The van der Waals surface area contributed by atoms with Crippen molar-refractivity contribution >= 4 is 11.6 Å². The van der Waals surface area contributed by atoms with Gasteiger partial charge in [-0.3, -0.25) is 4.79 Å². The predicted octanol–water partition coefficient (Wildman–Crippen LogP) is 3.42. The summed E-state index contributed by atoms with van der Waals surface area (Å²) in [6.07, 6.45) is 2.42. The fourth-order valence-electron chi connectivity index (χ4n) is 2.62. The fraction of sp³-hybridized carbons (Fsp3) is 0.222. The molecule has 0 fully saturated rings. The van der Waals surface area contributed by atoms with Gasteiger partial charge in [0.2, 0.25) is 0 Å². The number of hydrogen-bond donors (Lipinski definition) is 1. The number of nitrogens with zero attached hydrogens (tertiary/aromatic N) is 2. The molecule has 0 amide bonds. The van der Waals surface area contributed by atoms with Gasteiger partial charge in [0.25, 0.3) is 0 Å². The first-order chi connectivity index (χ1) is 11.2. The van der Waals surface area contributed by atoms with Crippen LogP contribution < -0.4 is 4.74 Å². The third-order valence-corrected chi connectivity index (χ3v) is 3.64. The first-order valence-corrected chi connectivity index (χ1v) is 7.60. The molecule has 1 N–H and O–H groups in total. The van der Waals surface area contributed by atoms with Crippen molar-refractivity contribution in [2.75, 3.05) is 6.61 Å². The molecule has 0 saturated heterocycles. The van der Waals surface area contributed by atoms with Crippen molar-refractivity contribution in [3.63, 3.8) is 0 Å². The number of carbonyl (C=O) groups is 1. The topological polar surface area (TPSA) is 63.8 Å². The van der Waals surface area contributed by atoms with Crippen LogP contribution in [0, 0.1) is 0 Å². The van der Waals surface area contributed by atoms with Gasteiger partial charge in [-0.05, 0) is 43.3 Å². The van der Waals surface area contributed by atoms with Crippen LogP contribution in [0.25, 0.3) is 16.9 Å². The molecule has 2 heterocycles. The number of fused-ring (bicyclic) bond motifs is 1. The van der Waals surface area contributed by atoms with Crippen LogP contribution >= 0.6 is 0 Å². The van der Waals surface area contributed by atoms with Crippen LogP contribution in [0.1, 0.15) is 19.0 Å². The van der Waals surface area contributed by atoms with E-state index in [1.54, 1.807) is 0 Å². The average molecular weight is 310 g/mol. The summed E-state index contributed by atoms with van der Waals surface area (Å²) in [5.41, 5.74) is 3.50. The van der Waals surface area contributed by atoms with E-state index in [4.69, 9.17) is 9.84 Å². The molecule has 0 spiro atoms. The number of benzene rings is 1.